The summed E-state index contributed by atoms with van der Waals surface area (Å²) in [6.07, 6.45) is 1.55. The summed E-state index contributed by atoms with van der Waals surface area (Å²) < 4.78 is 5.09. The molecular weight excluding hydrogens is 192 g/mol. The third-order valence-electron chi connectivity index (χ3n) is 2.38. The second-order valence-electron chi connectivity index (χ2n) is 3.23. The van der Waals surface area contributed by atoms with Crippen molar-refractivity contribution in [2.45, 2.75) is 6.61 Å². The molecule has 1 aromatic heterocycles. The van der Waals surface area contributed by atoms with Crippen molar-refractivity contribution in [3.8, 4) is 5.75 Å². The third kappa shape index (κ3) is 1.59. The molecule has 0 spiro atoms. The molecule has 0 fully saturated rings. The Hall–Kier alpha value is -1.81. The molecule has 1 aromatic carbocycles. The lowest BCUT2D eigenvalue weighted by atomic mass is 10.1. The second kappa shape index (κ2) is 3.74. The zero-order valence-corrected chi connectivity index (χ0v) is 8.40. The number of aliphatic hydroxyl groups is 1. The quantitative estimate of drug-likeness (QED) is 0.774. The van der Waals surface area contributed by atoms with Crippen molar-refractivity contribution >= 4 is 16.6 Å². The van der Waals surface area contributed by atoms with E-state index in [1.807, 2.05) is 18.2 Å². The Bertz CT molecular complexity index is 497. The Morgan fingerprint density at radius 2 is 2.27 bits per heavy atom. The van der Waals surface area contributed by atoms with Crippen LogP contribution < -0.4 is 10.5 Å². The van der Waals surface area contributed by atoms with Crippen molar-refractivity contribution in [2.24, 2.45) is 0 Å². The predicted octanol–water partition coefficient (Wildman–Crippen LogP) is 1.32. The van der Waals surface area contributed by atoms with Crippen LogP contribution in [0.3, 0.4) is 0 Å². The molecule has 0 atom stereocenters. The zero-order chi connectivity index (χ0) is 10.8. The van der Waals surface area contributed by atoms with Crippen molar-refractivity contribution in [1.29, 1.82) is 0 Å². The first-order chi connectivity index (χ1) is 7.26. The fourth-order valence-electron chi connectivity index (χ4n) is 1.55. The van der Waals surface area contributed by atoms with Gasteiger partial charge in [0.25, 0.3) is 0 Å². The number of methoxy groups -OCH3 is 1. The van der Waals surface area contributed by atoms with E-state index in [1.165, 1.54) is 0 Å². The average molecular weight is 204 g/mol. The molecule has 2 aromatic rings. The molecular formula is C11H12N2O2. The smallest absolute Gasteiger partial charge is 0.121 e. The molecule has 0 radical (unpaired) electrons. The number of aliphatic hydroxyl groups excluding tert-OH is 1. The van der Waals surface area contributed by atoms with Crippen LogP contribution in [0.15, 0.2) is 24.4 Å². The van der Waals surface area contributed by atoms with E-state index < -0.39 is 0 Å². The Morgan fingerprint density at radius 1 is 1.47 bits per heavy atom. The number of nitrogen functional groups attached to an aromatic ring is 1. The minimum atomic E-state index is -0.0861. The van der Waals surface area contributed by atoms with Crippen molar-refractivity contribution in [2.75, 3.05) is 12.8 Å². The molecule has 2 rings (SSSR count). The lowest BCUT2D eigenvalue weighted by Crippen LogP contribution is -1.97. The third-order valence-corrected chi connectivity index (χ3v) is 2.38. The van der Waals surface area contributed by atoms with Gasteiger partial charge in [-0.25, -0.2) is 0 Å². The number of fused-ring (bicyclic) bond motifs is 1. The maximum Gasteiger partial charge on any atom is 0.121 e. The molecule has 4 heteroatoms. The number of hydrogen-bond acceptors (Lipinski definition) is 4. The van der Waals surface area contributed by atoms with Crippen LogP contribution >= 0.6 is 0 Å². The first-order valence-electron chi connectivity index (χ1n) is 4.58. The first-order valence-corrected chi connectivity index (χ1v) is 4.58. The van der Waals surface area contributed by atoms with Crippen LogP contribution in [0, 0.1) is 0 Å². The fourth-order valence-corrected chi connectivity index (χ4v) is 1.55. The topological polar surface area (TPSA) is 68.4 Å². The second-order valence-corrected chi connectivity index (χ2v) is 3.23. The summed E-state index contributed by atoms with van der Waals surface area (Å²) in [6.45, 7) is -0.0861. The number of aromatic nitrogens is 1. The summed E-state index contributed by atoms with van der Waals surface area (Å²) in [5.74, 6) is 0.740. The number of hydrogen-bond donors (Lipinski definition) is 2. The van der Waals surface area contributed by atoms with E-state index in [0.717, 1.165) is 16.7 Å². The average Bonchev–Trinajstić information content (AvgIpc) is 2.28. The molecule has 3 N–H and O–H groups in total. The maximum atomic E-state index is 9.20. The normalized spacial score (nSPS) is 10.5. The van der Waals surface area contributed by atoms with E-state index in [4.69, 9.17) is 10.5 Å². The van der Waals surface area contributed by atoms with E-state index in [9.17, 15) is 5.11 Å². The summed E-state index contributed by atoms with van der Waals surface area (Å²) in [7, 11) is 1.60. The van der Waals surface area contributed by atoms with E-state index in [-0.39, 0.29) is 6.61 Å². The van der Waals surface area contributed by atoms with Crippen LogP contribution in [0.25, 0.3) is 10.9 Å². The highest BCUT2D eigenvalue weighted by Crippen LogP contribution is 2.25. The lowest BCUT2D eigenvalue weighted by molar-refractivity contribution is 0.284. The van der Waals surface area contributed by atoms with Gasteiger partial charge in [-0.3, -0.25) is 4.98 Å². The van der Waals surface area contributed by atoms with Gasteiger partial charge in [0.15, 0.2) is 0 Å². The Kier molecular flexibility index (Phi) is 2.43. The summed E-state index contributed by atoms with van der Waals surface area (Å²) in [6, 6.07) is 5.49. The number of nitrogens with two attached hydrogens (primary N) is 1. The van der Waals surface area contributed by atoms with Crippen LogP contribution in [-0.2, 0) is 6.61 Å². The number of benzene rings is 1. The van der Waals surface area contributed by atoms with Gasteiger partial charge in [0.2, 0.25) is 0 Å². The molecule has 0 saturated carbocycles. The SMILES string of the molecule is COc1ccc2c(CO)c(N)cnc2c1. The molecule has 0 unspecified atom stereocenters. The molecule has 0 amide bonds. The summed E-state index contributed by atoms with van der Waals surface area (Å²) in [4.78, 5) is 4.18. The molecule has 0 saturated heterocycles. The number of pyridine rings is 1. The van der Waals surface area contributed by atoms with E-state index in [1.54, 1.807) is 13.3 Å². The molecule has 0 bridgehead atoms. The van der Waals surface area contributed by atoms with Gasteiger partial charge >= 0.3 is 0 Å². The van der Waals surface area contributed by atoms with Gasteiger partial charge in [-0.15, -0.1) is 0 Å². The first kappa shape index (κ1) is 9.73. The molecule has 78 valence electrons. The van der Waals surface area contributed by atoms with E-state index in [0.29, 0.717) is 11.3 Å². The van der Waals surface area contributed by atoms with Crippen LogP contribution in [0.1, 0.15) is 5.56 Å². The van der Waals surface area contributed by atoms with Gasteiger partial charge in [-0.2, -0.15) is 0 Å². The molecule has 0 aliphatic carbocycles. The highest BCUT2D eigenvalue weighted by atomic mass is 16.5. The van der Waals surface area contributed by atoms with E-state index >= 15 is 0 Å². The fraction of sp³-hybridized carbons (Fsp3) is 0.182. The standard InChI is InChI=1S/C11H12N2O2/c1-15-7-2-3-8-9(6-14)10(12)5-13-11(8)4-7/h2-5,14H,6,12H2,1H3. The minimum absolute atomic E-state index is 0.0861. The Labute approximate surface area is 87.3 Å². The highest BCUT2D eigenvalue weighted by molar-refractivity contribution is 5.86. The van der Waals surface area contributed by atoms with Crippen molar-refractivity contribution in [3.05, 3.63) is 30.0 Å². The summed E-state index contributed by atoms with van der Waals surface area (Å²) in [5, 5.41) is 10.1. The number of nitrogens with zero attached hydrogens (tertiary/aromatic N) is 1. The Balaban J connectivity index is 2.72. The lowest BCUT2D eigenvalue weighted by Gasteiger charge is -2.07. The number of anilines is 1. The van der Waals surface area contributed by atoms with Gasteiger partial charge in [-0.05, 0) is 12.1 Å². The molecule has 0 aliphatic rings. The van der Waals surface area contributed by atoms with Crippen molar-refractivity contribution in [3.63, 3.8) is 0 Å². The zero-order valence-electron chi connectivity index (χ0n) is 8.40. The van der Waals surface area contributed by atoms with Gasteiger partial charge in [-0.1, -0.05) is 0 Å². The van der Waals surface area contributed by atoms with Gasteiger partial charge < -0.3 is 15.6 Å². The molecule has 4 nitrogen and oxygen atoms in total. The van der Waals surface area contributed by atoms with Crippen LogP contribution in [0.4, 0.5) is 5.69 Å². The van der Waals surface area contributed by atoms with Crippen LogP contribution in [0.5, 0.6) is 5.75 Å². The maximum absolute atomic E-state index is 9.20. The minimum Gasteiger partial charge on any atom is -0.497 e. The van der Waals surface area contributed by atoms with Crippen molar-refractivity contribution < 1.29 is 9.84 Å². The number of ether oxygens (including phenoxy) is 1. The van der Waals surface area contributed by atoms with Gasteiger partial charge in [0.1, 0.15) is 5.75 Å². The monoisotopic (exact) mass is 204 g/mol. The molecule has 1 heterocycles. The summed E-state index contributed by atoms with van der Waals surface area (Å²) in [5.41, 5.74) is 7.71. The highest BCUT2D eigenvalue weighted by Gasteiger charge is 2.06. The predicted molar refractivity (Wildman–Crippen MR) is 58.6 cm³/mol. The Morgan fingerprint density at radius 3 is 2.93 bits per heavy atom. The number of rotatable bonds is 2. The largest absolute Gasteiger partial charge is 0.497 e. The van der Waals surface area contributed by atoms with Gasteiger partial charge in [0, 0.05) is 17.0 Å². The van der Waals surface area contributed by atoms with Crippen LogP contribution in [0.2, 0.25) is 0 Å². The van der Waals surface area contributed by atoms with Crippen molar-refractivity contribution in [1.82, 2.24) is 4.98 Å². The molecule has 15 heavy (non-hydrogen) atoms. The van der Waals surface area contributed by atoms with E-state index in [2.05, 4.69) is 4.98 Å². The van der Waals surface area contributed by atoms with Gasteiger partial charge in [0.05, 0.1) is 31.1 Å². The molecule has 0 aliphatic heterocycles. The van der Waals surface area contributed by atoms with Crippen LogP contribution in [-0.4, -0.2) is 17.2 Å². The summed E-state index contributed by atoms with van der Waals surface area (Å²) >= 11 is 0.